The highest BCUT2D eigenvalue weighted by molar-refractivity contribution is 5.97. The highest BCUT2D eigenvalue weighted by atomic mass is 16.5. The predicted molar refractivity (Wildman–Crippen MR) is 88.7 cm³/mol. The molecule has 4 rings (SSSR count). The summed E-state index contributed by atoms with van der Waals surface area (Å²) in [5, 5.41) is 0. The molecule has 0 spiro atoms. The normalized spacial score (nSPS) is 15.0. The van der Waals surface area contributed by atoms with Gasteiger partial charge in [0, 0.05) is 30.5 Å². The van der Waals surface area contributed by atoms with Crippen molar-refractivity contribution in [3.05, 3.63) is 47.8 Å². The summed E-state index contributed by atoms with van der Waals surface area (Å²) in [6.45, 7) is 4.33. The van der Waals surface area contributed by atoms with Crippen LogP contribution in [0.4, 0.5) is 0 Å². The molecule has 3 aromatic rings. The maximum atomic E-state index is 12.6. The van der Waals surface area contributed by atoms with Crippen LogP contribution in [-0.2, 0) is 4.74 Å². The lowest BCUT2D eigenvalue weighted by Gasteiger charge is -2.26. The number of benzene rings is 1. The van der Waals surface area contributed by atoms with Crippen molar-refractivity contribution in [2.45, 2.75) is 6.92 Å². The van der Waals surface area contributed by atoms with Gasteiger partial charge in [-0.05, 0) is 37.3 Å². The zero-order valence-corrected chi connectivity index (χ0v) is 13.4. The van der Waals surface area contributed by atoms with E-state index in [0.717, 1.165) is 11.3 Å². The summed E-state index contributed by atoms with van der Waals surface area (Å²) in [5.74, 6) is 0.522. The molecule has 0 bridgehead atoms. The third kappa shape index (κ3) is 2.65. The standard InChI is InChI=1S/C18H17N3O3/c1-12-14(3-2-6-19-12)17-20-15-11-13(4-5-16(15)24-17)18(22)21-7-9-23-10-8-21/h2-6,11H,7-10H2,1H3. The maximum Gasteiger partial charge on any atom is 0.254 e. The van der Waals surface area contributed by atoms with Crippen LogP contribution in [0.25, 0.3) is 22.6 Å². The van der Waals surface area contributed by atoms with Gasteiger partial charge in [0.25, 0.3) is 5.91 Å². The molecule has 0 N–H and O–H groups in total. The van der Waals surface area contributed by atoms with Crippen LogP contribution in [0.3, 0.4) is 0 Å². The molecule has 3 heterocycles. The monoisotopic (exact) mass is 323 g/mol. The first-order valence-corrected chi connectivity index (χ1v) is 7.92. The van der Waals surface area contributed by atoms with E-state index in [0.29, 0.717) is 48.9 Å². The van der Waals surface area contributed by atoms with Crippen LogP contribution in [0.1, 0.15) is 16.1 Å². The minimum Gasteiger partial charge on any atom is -0.436 e. The van der Waals surface area contributed by atoms with Gasteiger partial charge in [-0.25, -0.2) is 4.98 Å². The fourth-order valence-corrected chi connectivity index (χ4v) is 2.83. The van der Waals surface area contributed by atoms with Gasteiger partial charge in [-0.3, -0.25) is 9.78 Å². The van der Waals surface area contributed by atoms with E-state index in [2.05, 4.69) is 9.97 Å². The molecular weight excluding hydrogens is 306 g/mol. The van der Waals surface area contributed by atoms with E-state index in [1.165, 1.54) is 0 Å². The molecule has 2 aromatic heterocycles. The molecule has 0 saturated carbocycles. The topological polar surface area (TPSA) is 68.5 Å². The van der Waals surface area contributed by atoms with Crippen LogP contribution < -0.4 is 0 Å². The van der Waals surface area contributed by atoms with Crippen molar-refractivity contribution in [3.63, 3.8) is 0 Å². The fraction of sp³-hybridized carbons (Fsp3) is 0.278. The number of aryl methyl sites for hydroxylation is 1. The number of aromatic nitrogens is 2. The van der Waals surface area contributed by atoms with E-state index in [1.54, 1.807) is 29.3 Å². The number of nitrogens with zero attached hydrogens (tertiary/aromatic N) is 3. The lowest BCUT2D eigenvalue weighted by molar-refractivity contribution is 0.0303. The van der Waals surface area contributed by atoms with Gasteiger partial charge < -0.3 is 14.1 Å². The number of carbonyl (C=O) groups excluding carboxylic acids is 1. The number of oxazole rings is 1. The average Bonchev–Trinajstić information content (AvgIpc) is 3.05. The highest BCUT2D eigenvalue weighted by Crippen LogP contribution is 2.26. The third-order valence-electron chi connectivity index (χ3n) is 4.17. The first-order chi connectivity index (χ1) is 11.7. The van der Waals surface area contributed by atoms with Crippen molar-refractivity contribution >= 4 is 17.0 Å². The maximum absolute atomic E-state index is 12.6. The van der Waals surface area contributed by atoms with Crippen molar-refractivity contribution in [3.8, 4) is 11.5 Å². The van der Waals surface area contributed by atoms with Crippen LogP contribution in [-0.4, -0.2) is 47.1 Å². The molecule has 1 amide bonds. The van der Waals surface area contributed by atoms with Gasteiger partial charge in [0.2, 0.25) is 5.89 Å². The Labute approximate surface area is 139 Å². The van der Waals surface area contributed by atoms with Gasteiger partial charge in [0.1, 0.15) is 5.52 Å². The van der Waals surface area contributed by atoms with E-state index >= 15 is 0 Å². The number of carbonyl (C=O) groups is 1. The molecule has 1 aliphatic rings. The first-order valence-electron chi connectivity index (χ1n) is 7.92. The van der Waals surface area contributed by atoms with Gasteiger partial charge in [-0.2, -0.15) is 0 Å². The Kier molecular flexibility index (Phi) is 3.74. The van der Waals surface area contributed by atoms with E-state index in [1.807, 2.05) is 19.1 Å². The SMILES string of the molecule is Cc1ncccc1-c1nc2cc(C(=O)N3CCOCC3)ccc2o1. The molecule has 122 valence electrons. The lowest BCUT2D eigenvalue weighted by atomic mass is 10.1. The van der Waals surface area contributed by atoms with E-state index < -0.39 is 0 Å². The summed E-state index contributed by atoms with van der Waals surface area (Å²) in [6, 6.07) is 9.14. The van der Waals surface area contributed by atoms with Gasteiger partial charge in [0.05, 0.1) is 18.8 Å². The van der Waals surface area contributed by atoms with Crippen molar-refractivity contribution < 1.29 is 13.9 Å². The van der Waals surface area contributed by atoms with Crippen molar-refractivity contribution in [1.82, 2.24) is 14.9 Å². The molecule has 24 heavy (non-hydrogen) atoms. The fourth-order valence-electron chi connectivity index (χ4n) is 2.83. The molecule has 0 aliphatic carbocycles. The number of amides is 1. The summed E-state index contributed by atoms with van der Waals surface area (Å²) < 4.78 is 11.1. The summed E-state index contributed by atoms with van der Waals surface area (Å²) in [6.07, 6.45) is 1.74. The Balaban J connectivity index is 1.68. The second kappa shape index (κ2) is 6.05. The summed E-state index contributed by atoms with van der Waals surface area (Å²) in [7, 11) is 0. The van der Waals surface area contributed by atoms with Gasteiger partial charge in [-0.15, -0.1) is 0 Å². The highest BCUT2D eigenvalue weighted by Gasteiger charge is 2.20. The minimum atomic E-state index is 0.00214. The minimum absolute atomic E-state index is 0.00214. The quantitative estimate of drug-likeness (QED) is 0.725. The Morgan fingerprint density at radius 2 is 2.04 bits per heavy atom. The predicted octanol–water partition coefficient (Wildman–Crippen LogP) is 2.67. The lowest BCUT2D eigenvalue weighted by Crippen LogP contribution is -2.40. The molecule has 1 saturated heterocycles. The van der Waals surface area contributed by atoms with E-state index in [-0.39, 0.29) is 5.91 Å². The first kappa shape index (κ1) is 14.8. The molecule has 1 fully saturated rings. The largest absolute Gasteiger partial charge is 0.436 e. The van der Waals surface area contributed by atoms with Crippen LogP contribution in [0.2, 0.25) is 0 Å². The zero-order chi connectivity index (χ0) is 16.5. The molecule has 1 aromatic carbocycles. The Morgan fingerprint density at radius 1 is 1.21 bits per heavy atom. The molecular formula is C18H17N3O3. The van der Waals surface area contributed by atoms with Gasteiger partial charge in [0.15, 0.2) is 5.58 Å². The van der Waals surface area contributed by atoms with Crippen molar-refractivity contribution in [1.29, 1.82) is 0 Å². The van der Waals surface area contributed by atoms with Crippen LogP contribution in [0.15, 0.2) is 40.9 Å². The molecule has 6 nitrogen and oxygen atoms in total. The number of hydrogen-bond donors (Lipinski definition) is 0. The van der Waals surface area contributed by atoms with Crippen LogP contribution >= 0.6 is 0 Å². The third-order valence-corrected chi connectivity index (χ3v) is 4.17. The van der Waals surface area contributed by atoms with Crippen LogP contribution in [0, 0.1) is 6.92 Å². The summed E-state index contributed by atoms with van der Waals surface area (Å²) >= 11 is 0. The number of fused-ring (bicyclic) bond motifs is 1. The van der Waals surface area contributed by atoms with Crippen molar-refractivity contribution in [2.75, 3.05) is 26.3 Å². The molecule has 0 radical (unpaired) electrons. The van der Waals surface area contributed by atoms with E-state index in [9.17, 15) is 4.79 Å². The second-order valence-corrected chi connectivity index (χ2v) is 5.74. The molecule has 0 unspecified atom stereocenters. The van der Waals surface area contributed by atoms with Crippen molar-refractivity contribution in [2.24, 2.45) is 0 Å². The number of ether oxygens (including phenoxy) is 1. The smallest absolute Gasteiger partial charge is 0.254 e. The number of pyridine rings is 1. The van der Waals surface area contributed by atoms with Crippen LogP contribution in [0.5, 0.6) is 0 Å². The number of morpholine rings is 1. The summed E-state index contributed by atoms with van der Waals surface area (Å²) in [5.41, 5.74) is 3.66. The average molecular weight is 323 g/mol. The molecule has 6 heteroatoms. The Morgan fingerprint density at radius 3 is 2.83 bits per heavy atom. The Bertz CT molecular complexity index is 897. The number of rotatable bonds is 2. The Hall–Kier alpha value is -2.73. The molecule has 1 aliphatic heterocycles. The van der Waals surface area contributed by atoms with Gasteiger partial charge in [-0.1, -0.05) is 0 Å². The van der Waals surface area contributed by atoms with E-state index in [4.69, 9.17) is 9.15 Å². The zero-order valence-electron chi connectivity index (χ0n) is 13.4. The second-order valence-electron chi connectivity index (χ2n) is 5.74. The van der Waals surface area contributed by atoms with Gasteiger partial charge >= 0.3 is 0 Å². The summed E-state index contributed by atoms with van der Waals surface area (Å²) in [4.78, 5) is 23.2. The molecule has 0 atom stereocenters. The number of hydrogen-bond acceptors (Lipinski definition) is 5.